The summed E-state index contributed by atoms with van der Waals surface area (Å²) in [5.41, 5.74) is 0. The van der Waals surface area contributed by atoms with E-state index >= 15 is 0 Å². The Hall–Kier alpha value is -0.450. The minimum atomic E-state index is -4.44. The van der Waals surface area contributed by atoms with Crippen LogP contribution in [0.3, 0.4) is 0 Å². The monoisotopic (exact) mass is 217 g/mol. The molecule has 0 rings (SSSR count). The number of amides is 1. The highest BCUT2D eigenvalue weighted by atomic mass is 35.5. The Balaban J connectivity index is 3.74. The smallest absolute Gasteiger partial charge is 0.353 e. The standard InChI is InChI=1S/C7H11ClF3NO/c1-5(2-3-8)12-6(13)4-7(9,10)11/h5H,2-4H2,1H3,(H,12,13). The third-order valence-corrected chi connectivity index (χ3v) is 1.53. The van der Waals surface area contributed by atoms with E-state index in [-0.39, 0.29) is 6.04 Å². The summed E-state index contributed by atoms with van der Waals surface area (Å²) in [7, 11) is 0. The van der Waals surface area contributed by atoms with Crippen LogP contribution in [0.5, 0.6) is 0 Å². The number of carbonyl (C=O) groups is 1. The zero-order valence-corrected chi connectivity index (χ0v) is 7.87. The van der Waals surface area contributed by atoms with Gasteiger partial charge >= 0.3 is 6.18 Å². The lowest BCUT2D eigenvalue weighted by Crippen LogP contribution is -2.35. The molecule has 0 radical (unpaired) electrons. The highest BCUT2D eigenvalue weighted by molar-refractivity contribution is 6.17. The van der Waals surface area contributed by atoms with E-state index in [9.17, 15) is 18.0 Å². The summed E-state index contributed by atoms with van der Waals surface area (Å²) in [6.45, 7) is 1.61. The van der Waals surface area contributed by atoms with E-state index in [0.717, 1.165) is 0 Å². The van der Waals surface area contributed by atoms with Crippen LogP contribution in [0.4, 0.5) is 13.2 Å². The maximum absolute atomic E-state index is 11.7. The number of alkyl halides is 4. The molecule has 0 aromatic carbocycles. The summed E-state index contributed by atoms with van der Waals surface area (Å²) in [6, 6.07) is -0.313. The number of halogens is 4. The first kappa shape index (κ1) is 12.6. The van der Waals surface area contributed by atoms with E-state index in [1.165, 1.54) is 0 Å². The summed E-state index contributed by atoms with van der Waals surface area (Å²) in [4.78, 5) is 10.7. The zero-order chi connectivity index (χ0) is 10.5. The molecule has 0 bridgehead atoms. The van der Waals surface area contributed by atoms with Crippen LogP contribution in [0.15, 0.2) is 0 Å². The van der Waals surface area contributed by atoms with Crippen molar-refractivity contribution in [1.29, 1.82) is 0 Å². The maximum Gasteiger partial charge on any atom is 0.397 e. The second-order valence-electron chi connectivity index (χ2n) is 2.74. The number of rotatable bonds is 4. The van der Waals surface area contributed by atoms with E-state index in [2.05, 4.69) is 5.32 Å². The van der Waals surface area contributed by atoms with Gasteiger partial charge in [0.05, 0.1) is 0 Å². The molecule has 0 aromatic rings. The summed E-state index contributed by atoms with van der Waals surface area (Å²) in [6.07, 6.45) is -5.41. The quantitative estimate of drug-likeness (QED) is 0.718. The normalized spacial score (nSPS) is 13.9. The Bertz CT molecular complexity index is 172. The van der Waals surface area contributed by atoms with Crippen molar-refractivity contribution >= 4 is 17.5 Å². The number of hydrogen-bond acceptors (Lipinski definition) is 1. The first-order valence-electron chi connectivity index (χ1n) is 3.77. The molecule has 13 heavy (non-hydrogen) atoms. The predicted octanol–water partition coefficient (Wildman–Crippen LogP) is 2.07. The van der Waals surface area contributed by atoms with Crippen LogP contribution < -0.4 is 5.32 Å². The van der Waals surface area contributed by atoms with E-state index in [0.29, 0.717) is 12.3 Å². The zero-order valence-electron chi connectivity index (χ0n) is 7.12. The summed E-state index contributed by atoms with van der Waals surface area (Å²) >= 11 is 5.34. The molecule has 0 aliphatic heterocycles. The third kappa shape index (κ3) is 7.90. The fourth-order valence-electron chi connectivity index (χ4n) is 0.744. The second kappa shape index (κ2) is 5.32. The lowest BCUT2D eigenvalue weighted by molar-refractivity contribution is -0.154. The Morgan fingerprint density at radius 1 is 1.54 bits per heavy atom. The van der Waals surface area contributed by atoms with E-state index in [1.54, 1.807) is 6.92 Å². The fourth-order valence-corrected chi connectivity index (χ4v) is 1.07. The summed E-state index contributed by atoms with van der Waals surface area (Å²) < 4.78 is 35.0. The molecule has 0 spiro atoms. The molecule has 0 aliphatic carbocycles. The van der Waals surface area contributed by atoms with Gasteiger partial charge in [0.25, 0.3) is 0 Å². The average Bonchev–Trinajstić information content (AvgIpc) is 1.81. The Morgan fingerprint density at radius 3 is 2.46 bits per heavy atom. The SMILES string of the molecule is CC(CCCl)NC(=O)CC(F)(F)F. The molecule has 0 aliphatic rings. The van der Waals surface area contributed by atoms with Crippen molar-refractivity contribution in [1.82, 2.24) is 5.32 Å². The Morgan fingerprint density at radius 2 is 2.08 bits per heavy atom. The van der Waals surface area contributed by atoms with Gasteiger partial charge in [-0.25, -0.2) is 0 Å². The molecule has 1 amide bonds. The molecule has 0 saturated heterocycles. The van der Waals surface area contributed by atoms with Gasteiger partial charge in [0, 0.05) is 11.9 Å². The van der Waals surface area contributed by atoms with Crippen LogP contribution in [0.2, 0.25) is 0 Å². The van der Waals surface area contributed by atoms with Crippen LogP contribution in [0, 0.1) is 0 Å². The van der Waals surface area contributed by atoms with E-state index < -0.39 is 18.5 Å². The van der Waals surface area contributed by atoms with Gasteiger partial charge in [-0.2, -0.15) is 13.2 Å². The molecule has 0 heterocycles. The topological polar surface area (TPSA) is 29.1 Å². The van der Waals surface area contributed by atoms with Crippen LogP contribution in [0.1, 0.15) is 19.8 Å². The van der Waals surface area contributed by atoms with Crippen molar-refractivity contribution in [2.24, 2.45) is 0 Å². The van der Waals surface area contributed by atoms with Crippen LogP contribution in [0.25, 0.3) is 0 Å². The van der Waals surface area contributed by atoms with Crippen molar-refractivity contribution in [2.45, 2.75) is 32.0 Å². The van der Waals surface area contributed by atoms with Gasteiger partial charge in [-0.05, 0) is 13.3 Å². The predicted molar refractivity (Wildman–Crippen MR) is 43.6 cm³/mol. The van der Waals surface area contributed by atoms with Gasteiger partial charge < -0.3 is 5.32 Å². The summed E-state index contributed by atoms with van der Waals surface area (Å²) in [5, 5.41) is 2.19. The van der Waals surface area contributed by atoms with Crippen LogP contribution in [-0.2, 0) is 4.79 Å². The number of nitrogens with one attached hydrogen (secondary N) is 1. The van der Waals surface area contributed by atoms with Gasteiger partial charge in [-0.15, -0.1) is 11.6 Å². The molecule has 1 unspecified atom stereocenters. The minimum absolute atomic E-state index is 0.313. The highest BCUT2D eigenvalue weighted by Gasteiger charge is 2.31. The molecule has 0 saturated carbocycles. The van der Waals surface area contributed by atoms with Crippen molar-refractivity contribution in [3.63, 3.8) is 0 Å². The molecular weight excluding hydrogens is 207 g/mol. The lowest BCUT2D eigenvalue weighted by Gasteiger charge is -2.13. The average molecular weight is 218 g/mol. The molecule has 2 nitrogen and oxygen atoms in total. The van der Waals surface area contributed by atoms with E-state index in [1.807, 2.05) is 0 Å². The molecule has 6 heteroatoms. The number of carbonyl (C=O) groups excluding carboxylic acids is 1. The molecule has 0 fully saturated rings. The Labute approximate surface area is 79.4 Å². The fraction of sp³-hybridized carbons (Fsp3) is 0.857. The highest BCUT2D eigenvalue weighted by Crippen LogP contribution is 2.19. The van der Waals surface area contributed by atoms with Crippen molar-refractivity contribution in [2.75, 3.05) is 5.88 Å². The lowest BCUT2D eigenvalue weighted by atomic mass is 10.2. The third-order valence-electron chi connectivity index (χ3n) is 1.31. The molecule has 0 aromatic heterocycles. The van der Waals surface area contributed by atoms with Crippen LogP contribution >= 0.6 is 11.6 Å². The first-order chi connectivity index (χ1) is 5.85. The van der Waals surface area contributed by atoms with Crippen molar-refractivity contribution in [3.05, 3.63) is 0 Å². The minimum Gasteiger partial charge on any atom is -0.353 e. The maximum atomic E-state index is 11.7. The van der Waals surface area contributed by atoms with Gasteiger partial charge in [-0.3, -0.25) is 4.79 Å². The van der Waals surface area contributed by atoms with Gasteiger partial charge in [0.2, 0.25) is 5.91 Å². The van der Waals surface area contributed by atoms with Gasteiger partial charge in [0.15, 0.2) is 0 Å². The van der Waals surface area contributed by atoms with Crippen molar-refractivity contribution in [3.8, 4) is 0 Å². The van der Waals surface area contributed by atoms with Crippen molar-refractivity contribution < 1.29 is 18.0 Å². The van der Waals surface area contributed by atoms with Gasteiger partial charge in [-0.1, -0.05) is 0 Å². The molecule has 78 valence electrons. The summed E-state index contributed by atoms with van der Waals surface area (Å²) in [5.74, 6) is -0.696. The first-order valence-corrected chi connectivity index (χ1v) is 4.30. The Kier molecular flexibility index (Phi) is 5.13. The second-order valence-corrected chi connectivity index (χ2v) is 3.12. The molecular formula is C7H11ClF3NO. The number of hydrogen-bond donors (Lipinski definition) is 1. The van der Waals surface area contributed by atoms with E-state index in [4.69, 9.17) is 11.6 Å². The van der Waals surface area contributed by atoms with Crippen LogP contribution in [-0.4, -0.2) is 24.0 Å². The molecule has 1 N–H and O–H groups in total. The molecule has 1 atom stereocenters. The largest absolute Gasteiger partial charge is 0.397 e. The van der Waals surface area contributed by atoms with Gasteiger partial charge in [0.1, 0.15) is 6.42 Å².